The van der Waals surface area contributed by atoms with Gasteiger partial charge in [0, 0.05) is 17.3 Å². The van der Waals surface area contributed by atoms with Crippen LogP contribution in [0.4, 0.5) is 14.5 Å². The van der Waals surface area contributed by atoms with Crippen LogP contribution < -0.4 is 5.73 Å². The summed E-state index contributed by atoms with van der Waals surface area (Å²) in [5.41, 5.74) is 6.37. The molecule has 2 rings (SSSR count). The van der Waals surface area contributed by atoms with Gasteiger partial charge in [-0.25, -0.2) is 8.78 Å². The molecule has 0 bridgehead atoms. The van der Waals surface area contributed by atoms with Gasteiger partial charge in [-0.15, -0.1) is 0 Å². The molecule has 0 spiro atoms. The molecule has 0 atom stereocenters. The molecule has 4 heteroatoms. The van der Waals surface area contributed by atoms with Gasteiger partial charge < -0.3 is 10.8 Å². The van der Waals surface area contributed by atoms with Crippen molar-refractivity contribution < 1.29 is 13.9 Å². The molecule has 0 aromatic heterocycles. The zero-order valence-corrected chi connectivity index (χ0v) is 8.24. The number of phenols is 1. The first kappa shape index (κ1) is 10.4. The molecule has 0 aliphatic carbocycles. The minimum Gasteiger partial charge on any atom is -0.507 e. The Balaban J connectivity index is 2.67. The lowest BCUT2D eigenvalue weighted by Gasteiger charge is -2.08. The largest absolute Gasteiger partial charge is 0.507 e. The normalized spacial score (nSPS) is 10.4. The Bertz CT molecular complexity index is 500. The number of halogens is 2. The monoisotopic (exact) mass is 221 g/mol. The molecule has 2 aromatic carbocycles. The summed E-state index contributed by atoms with van der Waals surface area (Å²) in [4.78, 5) is 0. The number of nitrogens with two attached hydrogens (primary N) is 1. The Kier molecular flexibility index (Phi) is 2.48. The summed E-state index contributed by atoms with van der Waals surface area (Å²) in [6.07, 6.45) is 0. The van der Waals surface area contributed by atoms with Crippen LogP contribution in [0, 0.1) is 11.6 Å². The summed E-state index contributed by atoms with van der Waals surface area (Å²) in [6, 6.07) is 7.53. The quantitative estimate of drug-likeness (QED) is 0.727. The summed E-state index contributed by atoms with van der Waals surface area (Å²) in [7, 11) is 0. The lowest BCUT2D eigenvalue weighted by molar-refractivity contribution is 0.477. The van der Waals surface area contributed by atoms with E-state index in [0.717, 1.165) is 18.2 Å². The van der Waals surface area contributed by atoms with E-state index in [1.165, 1.54) is 6.07 Å². The molecule has 0 heterocycles. The minimum absolute atomic E-state index is 0.106. The van der Waals surface area contributed by atoms with Crippen molar-refractivity contribution in [2.75, 3.05) is 5.73 Å². The zero-order chi connectivity index (χ0) is 11.7. The van der Waals surface area contributed by atoms with Crippen LogP contribution in [-0.2, 0) is 0 Å². The molecular weight excluding hydrogens is 212 g/mol. The molecule has 0 amide bonds. The van der Waals surface area contributed by atoms with Gasteiger partial charge in [0.05, 0.1) is 0 Å². The van der Waals surface area contributed by atoms with Crippen molar-refractivity contribution in [2.45, 2.75) is 0 Å². The van der Waals surface area contributed by atoms with Crippen molar-refractivity contribution in [3.8, 4) is 16.9 Å². The average molecular weight is 221 g/mol. The summed E-state index contributed by atoms with van der Waals surface area (Å²) in [5.74, 6) is -1.53. The standard InChI is InChI=1S/C12H9F2NO/c13-8-4-7(5-9(14)6-8)12-10(15)2-1-3-11(12)16/h1-6,16H,15H2. The highest BCUT2D eigenvalue weighted by Crippen LogP contribution is 2.34. The second-order valence-corrected chi connectivity index (χ2v) is 3.40. The molecule has 16 heavy (non-hydrogen) atoms. The summed E-state index contributed by atoms with van der Waals surface area (Å²) in [5, 5.41) is 9.60. The Morgan fingerprint density at radius 3 is 2.19 bits per heavy atom. The molecule has 2 nitrogen and oxygen atoms in total. The first-order valence-corrected chi connectivity index (χ1v) is 4.62. The molecule has 0 aliphatic rings. The van der Waals surface area contributed by atoms with Gasteiger partial charge in [0.15, 0.2) is 0 Å². The van der Waals surface area contributed by atoms with E-state index in [1.807, 2.05) is 0 Å². The van der Waals surface area contributed by atoms with E-state index in [4.69, 9.17) is 5.73 Å². The van der Waals surface area contributed by atoms with Crippen LogP contribution in [0.15, 0.2) is 36.4 Å². The third-order valence-corrected chi connectivity index (χ3v) is 2.23. The molecule has 0 aliphatic heterocycles. The van der Waals surface area contributed by atoms with Crippen molar-refractivity contribution in [3.05, 3.63) is 48.0 Å². The van der Waals surface area contributed by atoms with Gasteiger partial charge in [-0.1, -0.05) is 6.07 Å². The van der Waals surface area contributed by atoms with E-state index in [2.05, 4.69) is 0 Å². The maximum absolute atomic E-state index is 13.0. The van der Waals surface area contributed by atoms with E-state index in [-0.39, 0.29) is 22.6 Å². The molecule has 0 saturated carbocycles. The van der Waals surface area contributed by atoms with Gasteiger partial charge in [-0.2, -0.15) is 0 Å². The first-order valence-electron chi connectivity index (χ1n) is 4.62. The van der Waals surface area contributed by atoms with E-state index in [1.54, 1.807) is 12.1 Å². The first-order chi connectivity index (χ1) is 7.58. The number of nitrogen functional groups attached to an aromatic ring is 1. The third kappa shape index (κ3) is 1.82. The Morgan fingerprint density at radius 1 is 1.00 bits per heavy atom. The number of hydrogen-bond donors (Lipinski definition) is 2. The van der Waals surface area contributed by atoms with Crippen molar-refractivity contribution in [3.63, 3.8) is 0 Å². The minimum atomic E-state index is -0.711. The average Bonchev–Trinajstić information content (AvgIpc) is 2.15. The van der Waals surface area contributed by atoms with E-state index < -0.39 is 11.6 Å². The number of hydrogen-bond acceptors (Lipinski definition) is 2. The van der Waals surface area contributed by atoms with Gasteiger partial charge in [0.2, 0.25) is 0 Å². The lowest BCUT2D eigenvalue weighted by atomic mass is 10.0. The van der Waals surface area contributed by atoms with Crippen LogP contribution in [0.1, 0.15) is 0 Å². The fourth-order valence-electron chi connectivity index (χ4n) is 1.57. The Hall–Kier alpha value is -2.10. The maximum atomic E-state index is 13.0. The second-order valence-electron chi connectivity index (χ2n) is 3.40. The van der Waals surface area contributed by atoms with Crippen LogP contribution in [0.2, 0.25) is 0 Å². The number of rotatable bonds is 1. The third-order valence-electron chi connectivity index (χ3n) is 2.23. The van der Waals surface area contributed by atoms with Crippen LogP contribution >= 0.6 is 0 Å². The van der Waals surface area contributed by atoms with Crippen molar-refractivity contribution in [2.24, 2.45) is 0 Å². The molecule has 82 valence electrons. The second kappa shape index (κ2) is 3.81. The fraction of sp³-hybridized carbons (Fsp3) is 0. The number of aromatic hydroxyl groups is 1. The highest BCUT2D eigenvalue weighted by atomic mass is 19.1. The van der Waals surface area contributed by atoms with Gasteiger partial charge in [-0.05, 0) is 29.8 Å². The van der Waals surface area contributed by atoms with E-state index >= 15 is 0 Å². The summed E-state index contributed by atoms with van der Waals surface area (Å²) >= 11 is 0. The summed E-state index contributed by atoms with van der Waals surface area (Å²) in [6.45, 7) is 0. The van der Waals surface area contributed by atoms with Gasteiger partial charge in [-0.3, -0.25) is 0 Å². The fourth-order valence-corrected chi connectivity index (χ4v) is 1.57. The van der Waals surface area contributed by atoms with Gasteiger partial charge in [0.25, 0.3) is 0 Å². The topological polar surface area (TPSA) is 46.2 Å². The Labute approximate surface area is 91.0 Å². The maximum Gasteiger partial charge on any atom is 0.126 e. The van der Waals surface area contributed by atoms with Crippen LogP contribution in [0.25, 0.3) is 11.1 Å². The lowest BCUT2D eigenvalue weighted by Crippen LogP contribution is -1.91. The molecule has 0 radical (unpaired) electrons. The molecule has 3 N–H and O–H groups in total. The van der Waals surface area contributed by atoms with E-state index in [0.29, 0.717) is 0 Å². The molecule has 0 saturated heterocycles. The highest BCUT2D eigenvalue weighted by molar-refractivity contribution is 5.81. The highest BCUT2D eigenvalue weighted by Gasteiger charge is 2.10. The Morgan fingerprint density at radius 2 is 1.62 bits per heavy atom. The number of anilines is 1. The SMILES string of the molecule is Nc1cccc(O)c1-c1cc(F)cc(F)c1. The molecular formula is C12H9F2NO. The van der Waals surface area contributed by atoms with E-state index in [9.17, 15) is 13.9 Å². The van der Waals surface area contributed by atoms with Crippen LogP contribution in [0.3, 0.4) is 0 Å². The zero-order valence-electron chi connectivity index (χ0n) is 8.24. The molecule has 2 aromatic rings. The smallest absolute Gasteiger partial charge is 0.126 e. The predicted octanol–water partition coefficient (Wildman–Crippen LogP) is 2.92. The van der Waals surface area contributed by atoms with Gasteiger partial charge in [0.1, 0.15) is 17.4 Å². The van der Waals surface area contributed by atoms with Crippen molar-refractivity contribution in [1.82, 2.24) is 0 Å². The summed E-state index contributed by atoms with van der Waals surface area (Å²) < 4.78 is 26.0. The van der Waals surface area contributed by atoms with Gasteiger partial charge >= 0.3 is 0 Å². The number of phenolic OH excluding ortho intramolecular Hbond substituents is 1. The van der Waals surface area contributed by atoms with Crippen molar-refractivity contribution >= 4 is 5.69 Å². The van der Waals surface area contributed by atoms with Crippen LogP contribution in [-0.4, -0.2) is 5.11 Å². The predicted molar refractivity (Wildman–Crippen MR) is 57.9 cm³/mol. The van der Waals surface area contributed by atoms with Crippen molar-refractivity contribution in [1.29, 1.82) is 0 Å². The molecule has 0 unspecified atom stereocenters. The van der Waals surface area contributed by atoms with Crippen LogP contribution in [0.5, 0.6) is 5.75 Å². The number of benzene rings is 2. The molecule has 0 fully saturated rings.